The molecule has 1 amide bonds. The minimum absolute atomic E-state index is 0.381. The van der Waals surface area contributed by atoms with Gasteiger partial charge in [-0.2, -0.15) is 0 Å². The summed E-state index contributed by atoms with van der Waals surface area (Å²) in [6.45, 7) is 12.4. The van der Waals surface area contributed by atoms with Crippen LogP contribution < -0.4 is 5.32 Å². The summed E-state index contributed by atoms with van der Waals surface area (Å²) in [5, 5.41) is 12.2. The molecule has 0 aliphatic rings. The van der Waals surface area contributed by atoms with Gasteiger partial charge in [0.25, 0.3) is 0 Å². The number of aliphatic hydroxyl groups is 1. The summed E-state index contributed by atoms with van der Waals surface area (Å²) in [4.78, 5) is 11.4. The molecule has 4 nitrogen and oxygen atoms in total. The van der Waals surface area contributed by atoms with Gasteiger partial charge in [-0.15, -0.1) is 13.2 Å². The first kappa shape index (κ1) is 14.7. The molecule has 16 heavy (non-hydrogen) atoms. The van der Waals surface area contributed by atoms with Crippen molar-refractivity contribution in [1.29, 1.82) is 0 Å². The fourth-order valence-electron chi connectivity index (χ4n) is 1.07. The van der Waals surface area contributed by atoms with Crippen LogP contribution in [0.4, 0.5) is 4.79 Å². The maximum Gasteiger partial charge on any atom is 0.408 e. The van der Waals surface area contributed by atoms with Gasteiger partial charge in [0.2, 0.25) is 0 Å². The van der Waals surface area contributed by atoms with Crippen molar-refractivity contribution in [3.05, 3.63) is 25.3 Å². The van der Waals surface area contributed by atoms with E-state index in [1.807, 2.05) is 0 Å². The van der Waals surface area contributed by atoms with Crippen molar-refractivity contribution in [2.24, 2.45) is 0 Å². The van der Waals surface area contributed by atoms with E-state index in [0.717, 1.165) is 0 Å². The molecule has 2 atom stereocenters. The normalized spacial score (nSPS) is 14.8. The maximum absolute atomic E-state index is 11.4. The maximum atomic E-state index is 11.4. The third kappa shape index (κ3) is 6.24. The van der Waals surface area contributed by atoms with Gasteiger partial charge < -0.3 is 15.2 Å². The van der Waals surface area contributed by atoms with Crippen LogP contribution >= 0.6 is 0 Å². The second-order valence-electron chi connectivity index (χ2n) is 4.50. The van der Waals surface area contributed by atoms with Gasteiger partial charge in [-0.3, -0.25) is 0 Å². The van der Waals surface area contributed by atoms with E-state index in [1.165, 1.54) is 6.08 Å². The Bertz CT molecular complexity index is 255. The summed E-state index contributed by atoms with van der Waals surface area (Å²) < 4.78 is 5.06. The molecule has 0 aliphatic carbocycles. The minimum atomic E-state index is -0.734. The van der Waals surface area contributed by atoms with Crippen LogP contribution in [0.5, 0.6) is 0 Å². The number of carbonyl (C=O) groups is 1. The first-order valence-electron chi connectivity index (χ1n) is 5.21. The van der Waals surface area contributed by atoms with E-state index in [9.17, 15) is 9.90 Å². The number of hydrogen-bond acceptors (Lipinski definition) is 3. The molecule has 0 saturated heterocycles. The number of nitrogens with one attached hydrogen (secondary N) is 1. The molecule has 0 aromatic rings. The monoisotopic (exact) mass is 227 g/mol. The topological polar surface area (TPSA) is 58.6 Å². The van der Waals surface area contributed by atoms with Crippen LogP contribution in [-0.4, -0.2) is 28.9 Å². The first-order valence-corrected chi connectivity index (χ1v) is 5.21. The highest BCUT2D eigenvalue weighted by molar-refractivity contribution is 5.68. The SMILES string of the molecule is C=CC[C@@H](O)[C@@H](C=C)NC(=O)OC(C)(C)C. The Labute approximate surface area is 97.0 Å². The zero-order valence-electron chi connectivity index (χ0n) is 10.2. The summed E-state index contributed by atoms with van der Waals surface area (Å²) in [6.07, 6.45) is 2.13. The van der Waals surface area contributed by atoms with Gasteiger partial charge in [-0.25, -0.2) is 4.79 Å². The van der Waals surface area contributed by atoms with Crippen molar-refractivity contribution in [3.8, 4) is 0 Å². The number of carbonyl (C=O) groups excluding carboxylic acids is 1. The van der Waals surface area contributed by atoms with Crippen molar-refractivity contribution in [2.75, 3.05) is 0 Å². The summed E-state index contributed by atoms with van der Waals surface area (Å²) in [5.41, 5.74) is -0.556. The number of hydrogen-bond donors (Lipinski definition) is 2. The lowest BCUT2D eigenvalue weighted by atomic mass is 10.1. The Morgan fingerprint density at radius 2 is 2.06 bits per heavy atom. The average Bonchev–Trinajstić information content (AvgIpc) is 2.11. The molecule has 92 valence electrons. The molecule has 0 aromatic heterocycles. The standard InChI is InChI=1S/C12H21NO3/c1-6-8-10(14)9(7-2)13-11(15)16-12(3,4)5/h6-7,9-10,14H,1-2,8H2,3-5H3,(H,13,15)/t9-,10-/m1/s1. The van der Waals surface area contributed by atoms with Crippen molar-refractivity contribution < 1.29 is 14.6 Å². The zero-order chi connectivity index (χ0) is 12.8. The van der Waals surface area contributed by atoms with Gasteiger partial charge in [-0.1, -0.05) is 12.2 Å². The Kier molecular flexibility index (Phi) is 5.82. The molecule has 0 rings (SSSR count). The van der Waals surface area contributed by atoms with E-state index in [0.29, 0.717) is 6.42 Å². The molecule has 0 aromatic carbocycles. The van der Waals surface area contributed by atoms with Gasteiger partial charge in [-0.05, 0) is 27.2 Å². The zero-order valence-corrected chi connectivity index (χ0v) is 10.2. The summed E-state index contributed by atoms with van der Waals surface area (Å²) in [6, 6.07) is -0.534. The fourth-order valence-corrected chi connectivity index (χ4v) is 1.07. The van der Waals surface area contributed by atoms with E-state index in [4.69, 9.17) is 4.74 Å². The average molecular weight is 227 g/mol. The van der Waals surface area contributed by atoms with Crippen LogP contribution in [0.1, 0.15) is 27.2 Å². The number of rotatable bonds is 5. The van der Waals surface area contributed by atoms with Gasteiger partial charge in [0.05, 0.1) is 12.1 Å². The minimum Gasteiger partial charge on any atom is -0.444 e. The molecule has 0 fully saturated rings. The van der Waals surface area contributed by atoms with E-state index >= 15 is 0 Å². The molecule has 4 heteroatoms. The van der Waals surface area contributed by atoms with Crippen molar-refractivity contribution in [2.45, 2.75) is 44.9 Å². The van der Waals surface area contributed by atoms with Crippen LogP contribution in [-0.2, 0) is 4.74 Å². The highest BCUT2D eigenvalue weighted by atomic mass is 16.6. The molecular weight excluding hydrogens is 206 g/mol. The van der Waals surface area contributed by atoms with E-state index in [2.05, 4.69) is 18.5 Å². The van der Waals surface area contributed by atoms with E-state index in [1.54, 1.807) is 26.8 Å². The van der Waals surface area contributed by atoms with E-state index in [-0.39, 0.29) is 0 Å². The molecule has 0 bridgehead atoms. The van der Waals surface area contributed by atoms with E-state index < -0.39 is 23.8 Å². The van der Waals surface area contributed by atoms with Crippen LogP contribution in [0.2, 0.25) is 0 Å². The van der Waals surface area contributed by atoms with Crippen molar-refractivity contribution >= 4 is 6.09 Å². The van der Waals surface area contributed by atoms with Crippen molar-refractivity contribution in [1.82, 2.24) is 5.32 Å². The molecule has 0 spiro atoms. The predicted molar refractivity (Wildman–Crippen MR) is 64.2 cm³/mol. The van der Waals surface area contributed by atoms with Gasteiger partial charge >= 0.3 is 6.09 Å². The largest absolute Gasteiger partial charge is 0.444 e. The fraction of sp³-hybridized carbons (Fsp3) is 0.583. The molecule has 0 radical (unpaired) electrons. The Morgan fingerprint density at radius 1 is 1.50 bits per heavy atom. The highest BCUT2D eigenvalue weighted by Crippen LogP contribution is 2.08. The lowest BCUT2D eigenvalue weighted by Crippen LogP contribution is -2.44. The lowest BCUT2D eigenvalue weighted by Gasteiger charge is -2.24. The first-order chi connectivity index (χ1) is 7.30. The highest BCUT2D eigenvalue weighted by Gasteiger charge is 2.21. The molecule has 0 heterocycles. The third-order valence-corrected chi connectivity index (χ3v) is 1.76. The van der Waals surface area contributed by atoms with Gasteiger partial charge in [0.15, 0.2) is 0 Å². The molecule has 2 N–H and O–H groups in total. The summed E-state index contributed by atoms with van der Waals surface area (Å²) in [5.74, 6) is 0. The number of aliphatic hydroxyl groups excluding tert-OH is 1. The summed E-state index contributed by atoms with van der Waals surface area (Å²) in [7, 11) is 0. The van der Waals surface area contributed by atoms with Gasteiger partial charge in [0.1, 0.15) is 5.60 Å². The quantitative estimate of drug-likeness (QED) is 0.706. The molecule has 0 aliphatic heterocycles. The molecule has 0 unspecified atom stereocenters. The molecule has 0 saturated carbocycles. The third-order valence-electron chi connectivity index (χ3n) is 1.76. The smallest absolute Gasteiger partial charge is 0.408 e. The van der Waals surface area contributed by atoms with Crippen molar-refractivity contribution in [3.63, 3.8) is 0 Å². The van der Waals surface area contributed by atoms with Crippen LogP contribution in [0.3, 0.4) is 0 Å². The predicted octanol–water partition coefficient (Wildman–Crippen LogP) is 2.00. The van der Waals surface area contributed by atoms with Crippen LogP contribution in [0.15, 0.2) is 25.3 Å². The number of alkyl carbamates (subject to hydrolysis) is 1. The van der Waals surface area contributed by atoms with Crippen LogP contribution in [0.25, 0.3) is 0 Å². The Balaban J connectivity index is 4.27. The second-order valence-corrected chi connectivity index (χ2v) is 4.50. The second kappa shape index (κ2) is 6.33. The Hall–Kier alpha value is -1.29. The Morgan fingerprint density at radius 3 is 2.44 bits per heavy atom. The summed E-state index contributed by atoms with van der Waals surface area (Å²) >= 11 is 0. The number of ether oxygens (including phenoxy) is 1. The number of amides is 1. The van der Waals surface area contributed by atoms with Crippen LogP contribution in [0, 0.1) is 0 Å². The van der Waals surface area contributed by atoms with Gasteiger partial charge in [0, 0.05) is 0 Å². The molecular formula is C12H21NO3. The lowest BCUT2D eigenvalue weighted by molar-refractivity contribution is 0.0457.